The molecule has 1 aliphatic rings. The number of aliphatic imine (C=N–C) groups is 1. The van der Waals surface area contributed by atoms with Crippen LogP contribution in [0.15, 0.2) is 53.7 Å². The lowest BCUT2D eigenvalue weighted by molar-refractivity contribution is 0.229. The van der Waals surface area contributed by atoms with E-state index in [1.165, 1.54) is 0 Å². The molecule has 0 unspecified atom stereocenters. The minimum atomic E-state index is -0.0239. The summed E-state index contributed by atoms with van der Waals surface area (Å²) in [4.78, 5) is 8.68. The Kier molecular flexibility index (Phi) is 3.14. The lowest BCUT2D eigenvalue weighted by Gasteiger charge is -2.11. The van der Waals surface area contributed by atoms with Gasteiger partial charge in [0.25, 0.3) is 0 Å². The molecule has 1 aromatic heterocycles. The lowest BCUT2D eigenvalue weighted by atomic mass is 10.1. The van der Waals surface area contributed by atoms with Gasteiger partial charge in [-0.1, -0.05) is 30.3 Å². The van der Waals surface area contributed by atoms with Gasteiger partial charge in [0, 0.05) is 12.3 Å². The Bertz CT molecular complexity index is 596. The van der Waals surface area contributed by atoms with Crippen LogP contribution >= 0.6 is 0 Å². The van der Waals surface area contributed by atoms with Crippen molar-refractivity contribution in [3.63, 3.8) is 0 Å². The van der Waals surface area contributed by atoms with Crippen LogP contribution in [0.5, 0.6) is 5.75 Å². The Labute approximate surface area is 111 Å². The molecule has 0 saturated carbocycles. The normalized spacial score (nSPS) is 17.7. The highest BCUT2D eigenvalue weighted by Gasteiger charge is 2.23. The molecule has 2 aromatic rings. The van der Waals surface area contributed by atoms with Crippen LogP contribution in [0.3, 0.4) is 0 Å². The van der Waals surface area contributed by atoms with Crippen molar-refractivity contribution in [3.05, 3.63) is 59.9 Å². The summed E-state index contributed by atoms with van der Waals surface area (Å²) in [6.45, 7) is 0.623. The van der Waals surface area contributed by atoms with Gasteiger partial charge in [-0.15, -0.1) is 0 Å². The lowest BCUT2D eigenvalue weighted by Crippen LogP contribution is -2.07. The van der Waals surface area contributed by atoms with Crippen molar-refractivity contribution in [3.8, 4) is 5.75 Å². The van der Waals surface area contributed by atoms with Gasteiger partial charge < -0.3 is 9.47 Å². The molecule has 19 heavy (non-hydrogen) atoms. The summed E-state index contributed by atoms with van der Waals surface area (Å²) in [6.07, 6.45) is 1.67. The van der Waals surface area contributed by atoms with Gasteiger partial charge in [-0.3, -0.25) is 4.98 Å². The zero-order valence-corrected chi connectivity index (χ0v) is 10.6. The summed E-state index contributed by atoms with van der Waals surface area (Å²) in [6, 6.07) is 13.7. The third-order valence-corrected chi connectivity index (χ3v) is 3.01. The van der Waals surface area contributed by atoms with Crippen LogP contribution in [0.1, 0.15) is 17.4 Å². The van der Waals surface area contributed by atoms with Gasteiger partial charge in [-0.2, -0.15) is 0 Å². The Morgan fingerprint density at radius 3 is 2.84 bits per heavy atom. The summed E-state index contributed by atoms with van der Waals surface area (Å²) >= 11 is 0. The fraction of sp³-hybridized carbons (Fsp3) is 0.200. The second kappa shape index (κ2) is 5.10. The summed E-state index contributed by atoms with van der Waals surface area (Å²) < 4.78 is 11.0. The van der Waals surface area contributed by atoms with E-state index < -0.39 is 0 Å². The van der Waals surface area contributed by atoms with E-state index >= 15 is 0 Å². The number of rotatable bonds is 3. The third kappa shape index (κ3) is 2.42. The molecule has 96 valence electrons. The standard InChI is InChI=1S/C15H14N2O2/c1-18-12-7-8-16-13(9-12)15-17-10-14(19-15)11-5-3-2-4-6-11/h2-9,14H,10H2,1H3/t14-/m1/s1. The summed E-state index contributed by atoms with van der Waals surface area (Å²) in [5.41, 5.74) is 1.84. The van der Waals surface area contributed by atoms with Crippen molar-refractivity contribution in [2.75, 3.05) is 13.7 Å². The first kappa shape index (κ1) is 11.7. The Morgan fingerprint density at radius 1 is 1.21 bits per heavy atom. The molecule has 0 N–H and O–H groups in total. The predicted molar refractivity (Wildman–Crippen MR) is 72.5 cm³/mol. The number of nitrogens with zero attached hydrogens (tertiary/aromatic N) is 2. The van der Waals surface area contributed by atoms with Crippen LogP contribution in [0.4, 0.5) is 0 Å². The van der Waals surface area contributed by atoms with Crippen molar-refractivity contribution in [1.29, 1.82) is 0 Å². The second-order valence-corrected chi connectivity index (χ2v) is 4.24. The van der Waals surface area contributed by atoms with Gasteiger partial charge in [0.05, 0.1) is 13.7 Å². The van der Waals surface area contributed by atoms with Crippen molar-refractivity contribution >= 4 is 5.90 Å². The van der Waals surface area contributed by atoms with E-state index in [9.17, 15) is 0 Å². The molecule has 0 amide bonds. The fourth-order valence-corrected chi connectivity index (χ4v) is 2.01. The highest BCUT2D eigenvalue weighted by atomic mass is 16.5. The number of pyridine rings is 1. The molecular formula is C15H14N2O2. The van der Waals surface area contributed by atoms with E-state index in [0.29, 0.717) is 18.1 Å². The first-order valence-electron chi connectivity index (χ1n) is 6.13. The van der Waals surface area contributed by atoms with E-state index in [1.54, 1.807) is 19.4 Å². The van der Waals surface area contributed by atoms with Crippen LogP contribution in [0.2, 0.25) is 0 Å². The molecule has 0 spiro atoms. The van der Waals surface area contributed by atoms with Gasteiger partial charge in [0.15, 0.2) is 0 Å². The maximum atomic E-state index is 5.86. The van der Waals surface area contributed by atoms with E-state index in [2.05, 4.69) is 9.98 Å². The van der Waals surface area contributed by atoms with Gasteiger partial charge in [-0.05, 0) is 11.6 Å². The third-order valence-electron chi connectivity index (χ3n) is 3.01. The Balaban J connectivity index is 1.78. The van der Waals surface area contributed by atoms with Gasteiger partial charge in [-0.25, -0.2) is 4.99 Å². The van der Waals surface area contributed by atoms with Crippen LogP contribution in [-0.4, -0.2) is 24.5 Å². The van der Waals surface area contributed by atoms with Crippen LogP contribution < -0.4 is 4.74 Å². The Hall–Kier alpha value is -2.36. The quantitative estimate of drug-likeness (QED) is 0.845. The average molecular weight is 254 g/mol. The van der Waals surface area contributed by atoms with E-state index in [0.717, 1.165) is 11.3 Å². The van der Waals surface area contributed by atoms with Crippen molar-refractivity contribution < 1.29 is 9.47 Å². The number of hydrogen-bond donors (Lipinski definition) is 0. The monoisotopic (exact) mass is 254 g/mol. The molecule has 4 heteroatoms. The topological polar surface area (TPSA) is 43.7 Å². The molecule has 1 aromatic carbocycles. The zero-order valence-electron chi connectivity index (χ0n) is 10.6. The molecule has 0 saturated heterocycles. The number of ether oxygens (including phenoxy) is 2. The first-order valence-corrected chi connectivity index (χ1v) is 6.13. The Morgan fingerprint density at radius 2 is 2.05 bits per heavy atom. The number of methoxy groups -OCH3 is 1. The zero-order chi connectivity index (χ0) is 13.1. The average Bonchev–Trinajstić information content (AvgIpc) is 2.98. The highest BCUT2D eigenvalue weighted by molar-refractivity contribution is 5.93. The molecular weight excluding hydrogens is 240 g/mol. The SMILES string of the molecule is COc1ccnc(C2=NC[C@H](c3ccccc3)O2)c1. The molecule has 0 fully saturated rings. The smallest absolute Gasteiger partial charge is 0.236 e. The molecule has 4 nitrogen and oxygen atoms in total. The summed E-state index contributed by atoms with van der Waals surface area (Å²) in [7, 11) is 1.63. The maximum Gasteiger partial charge on any atom is 0.236 e. The number of benzene rings is 1. The molecule has 1 aliphatic heterocycles. The van der Waals surface area contributed by atoms with E-state index in [1.807, 2.05) is 36.4 Å². The molecule has 0 radical (unpaired) electrons. The minimum absolute atomic E-state index is 0.0239. The van der Waals surface area contributed by atoms with E-state index in [4.69, 9.17) is 9.47 Å². The van der Waals surface area contributed by atoms with E-state index in [-0.39, 0.29) is 6.10 Å². The molecule has 0 bridgehead atoms. The summed E-state index contributed by atoms with van der Waals surface area (Å²) in [5, 5.41) is 0. The number of hydrogen-bond acceptors (Lipinski definition) is 4. The van der Waals surface area contributed by atoms with Crippen LogP contribution in [-0.2, 0) is 4.74 Å². The largest absolute Gasteiger partial charge is 0.497 e. The van der Waals surface area contributed by atoms with Crippen LogP contribution in [0, 0.1) is 0 Å². The van der Waals surface area contributed by atoms with Crippen molar-refractivity contribution in [2.45, 2.75) is 6.10 Å². The first-order chi connectivity index (χ1) is 9.36. The number of aromatic nitrogens is 1. The van der Waals surface area contributed by atoms with Crippen molar-refractivity contribution in [1.82, 2.24) is 4.98 Å². The molecule has 1 atom stereocenters. The molecule has 0 aliphatic carbocycles. The van der Waals surface area contributed by atoms with Crippen LogP contribution in [0.25, 0.3) is 0 Å². The highest BCUT2D eigenvalue weighted by Crippen LogP contribution is 2.25. The maximum absolute atomic E-state index is 5.86. The minimum Gasteiger partial charge on any atom is -0.497 e. The predicted octanol–water partition coefficient (Wildman–Crippen LogP) is 2.61. The molecule has 3 rings (SSSR count). The second-order valence-electron chi connectivity index (χ2n) is 4.24. The van der Waals surface area contributed by atoms with Gasteiger partial charge >= 0.3 is 0 Å². The van der Waals surface area contributed by atoms with Crippen molar-refractivity contribution in [2.24, 2.45) is 4.99 Å². The molecule has 2 heterocycles. The van der Waals surface area contributed by atoms with Gasteiger partial charge in [0.1, 0.15) is 17.5 Å². The fourth-order valence-electron chi connectivity index (χ4n) is 2.01. The summed E-state index contributed by atoms with van der Waals surface area (Å²) in [5.74, 6) is 1.33. The van der Waals surface area contributed by atoms with Gasteiger partial charge in [0.2, 0.25) is 5.90 Å².